The van der Waals surface area contributed by atoms with Gasteiger partial charge in [0.2, 0.25) is 11.8 Å². The number of rotatable bonds is 4. The molecule has 7 heteroatoms. The largest absolute Gasteiger partial charge is 0.462 e. The number of carbonyl (C=O) groups is 3. The number of ether oxygens (including phenoxy) is 1. The van der Waals surface area contributed by atoms with Gasteiger partial charge in [0.15, 0.2) is 0 Å². The average Bonchev–Trinajstić information content (AvgIpc) is 2.96. The van der Waals surface area contributed by atoms with Gasteiger partial charge in [0.1, 0.15) is 11.6 Å². The van der Waals surface area contributed by atoms with Crippen molar-refractivity contribution in [3.05, 3.63) is 17.5 Å². The molecule has 0 spiro atoms. The molecule has 1 aromatic rings. The Bertz CT molecular complexity index is 550. The van der Waals surface area contributed by atoms with E-state index in [0.29, 0.717) is 29.8 Å². The van der Waals surface area contributed by atoms with Gasteiger partial charge in [-0.15, -0.1) is 0 Å². The SMILES string of the molecule is CCOC(=O)c1c(NC(=O)[C@@H]2CCC(=O)N2)c[nH]c1C. The number of anilines is 1. The molecule has 2 heterocycles. The molecule has 1 saturated heterocycles. The Hall–Kier alpha value is -2.31. The Balaban J connectivity index is 2.11. The first kappa shape index (κ1) is 14.1. The second-order valence-corrected chi connectivity index (χ2v) is 4.57. The minimum Gasteiger partial charge on any atom is -0.462 e. The van der Waals surface area contributed by atoms with Crippen molar-refractivity contribution in [1.82, 2.24) is 10.3 Å². The molecule has 7 nitrogen and oxygen atoms in total. The van der Waals surface area contributed by atoms with E-state index >= 15 is 0 Å². The normalized spacial score (nSPS) is 17.7. The summed E-state index contributed by atoms with van der Waals surface area (Å²) >= 11 is 0. The van der Waals surface area contributed by atoms with Crippen LogP contribution in [0.3, 0.4) is 0 Å². The first-order chi connectivity index (χ1) is 9.52. The number of aryl methyl sites for hydroxylation is 1. The van der Waals surface area contributed by atoms with Crippen LogP contribution in [0, 0.1) is 6.92 Å². The van der Waals surface area contributed by atoms with Crippen LogP contribution in [0.1, 0.15) is 35.8 Å². The number of hydrogen-bond acceptors (Lipinski definition) is 4. The molecule has 2 amide bonds. The molecular formula is C13H17N3O4. The number of esters is 1. The zero-order valence-corrected chi connectivity index (χ0v) is 11.4. The third-order valence-electron chi connectivity index (χ3n) is 3.13. The van der Waals surface area contributed by atoms with Crippen LogP contribution in [0.15, 0.2) is 6.20 Å². The Morgan fingerprint density at radius 3 is 2.85 bits per heavy atom. The van der Waals surface area contributed by atoms with Gasteiger partial charge in [0.05, 0.1) is 12.3 Å². The van der Waals surface area contributed by atoms with Gasteiger partial charge in [-0.1, -0.05) is 0 Å². The summed E-state index contributed by atoms with van der Waals surface area (Å²) in [5.74, 6) is -0.960. The fourth-order valence-corrected chi connectivity index (χ4v) is 2.12. The molecule has 20 heavy (non-hydrogen) atoms. The maximum Gasteiger partial charge on any atom is 0.342 e. The number of aromatic nitrogens is 1. The number of amides is 2. The molecule has 0 radical (unpaired) electrons. The summed E-state index contributed by atoms with van der Waals surface area (Å²) < 4.78 is 4.95. The van der Waals surface area contributed by atoms with Crippen LogP contribution in [-0.2, 0) is 14.3 Å². The predicted octanol–water partition coefficient (Wildman–Crippen LogP) is 0.717. The molecule has 1 aromatic heterocycles. The van der Waals surface area contributed by atoms with E-state index in [-0.39, 0.29) is 18.4 Å². The van der Waals surface area contributed by atoms with Gasteiger partial charge in [-0.25, -0.2) is 4.79 Å². The number of hydrogen-bond donors (Lipinski definition) is 3. The fourth-order valence-electron chi connectivity index (χ4n) is 2.12. The van der Waals surface area contributed by atoms with Crippen LogP contribution in [-0.4, -0.2) is 35.4 Å². The topological polar surface area (TPSA) is 100 Å². The Labute approximate surface area is 116 Å². The van der Waals surface area contributed by atoms with Crippen LogP contribution in [0.4, 0.5) is 5.69 Å². The number of nitrogens with one attached hydrogen (secondary N) is 3. The molecule has 0 aromatic carbocycles. The van der Waals surface area contributed by atoms with Crippen molar-refractivity contribution in [3.8, 4) is 0 Å². The third kappa shape index (κ3) is 2.81. The summed E-state index contributed by atoms with van der Waals surface area (Å²) in [6.45, 7) is 3.70. The zero-order valence-electron chi connectivity index (χ0n) is 11.4. The molecule has 0 bridgehead atoms. The van der Waals surface area contributed by atoms with Crippen LogP contribution in [0.2, 0.25) is 0 Å². The summed E-state index contributed by atoms with van der Waals surface area (Å²) in [5.41, 5.74) is 1.30. The van der Waals surface area contributed by atoms with E-state index in [1.54, 1.807) is 13.8 Å². The zero-order chi connectivity index (χ0) is 14.7. The van der Waals surface area contributed by atoms with E-state index in [4.69, 9.17) is 4.74 Å². The van der Waals surface area contributed by atoms with Crippen molar-refractivity contribution < 1.29 is 19.1 Å². The lowest BCUT2D eigenvalue weighted by molar-refractivity contribution is -0.122. The van der Waals surface area contributed by atoms with E-state index < -0.39 is 12.0 Å². The molecular weight excluding hydrogens is 262 g/mol. The van der Waals surface area contributed by atoms with Crippen molar-refractivity contribution >= 4 is 23.5 Å². The summed E-state index contributed by atoms with van der Waals surface area (Å²) in [6.07, 6.45) is 2.34. The molecule has 1 aliphatic rings. The maximum atomic E-state index is 12.0. The molecule has 3 N–H and O–H groups in total. The smallest absolute Gasteiger partial charge is 0.342 e. The van der Waals surface area contributed by atoms with E-state index in [0.717, 1.165) is 0 Å². The number of carbonyl (C=O) groups excluding carboxylic acids is 3. The highest BCUT2D eigenvalue weighted by molar-refractivity contribution is 6.05. The quantitative estimate of drug-likeness (QED) is 0.707. The molecule has 2 rings (SSSR count). The first-order valence-electron chi connectivity index (χ1n) is 6.48. The van der Waals surface area contributed by atoms with E-state index in [2.05, 4.69) is 15.6 Å². The standard InChI is InChI=1S/C13H17N3O4/c1-3-20-13(19)11-7(2)14-6-9(11)16-12(18)8-4-5-10(17)15-8/h6,8,14H,3-5H2,1-2H3,(H,15,17)(H,16,18)/t8-/m0/s1. The highest BCUT2D eigenvalue weighted by atomic mass is 16.5. The van der Waals surface area contributed by atoms with Crippen molar-refractivity contribution in [2.75, 3.05) is 11.9 Å². The summed E-state index contributed by atoms with van der Waals surface area (Å²) in [4.78, 5) is 37.8. The molecule has 1 fully saturated rings. The lowest BCUT2D eigenvalue weighted by atomic mass is 10.2. The third-order valence-corrected chi connectivity index (χ3v) is 3.13. The summed E-state index contributed by atoms with van der Waals surface area (Å²) in [7, 11) is 0. The first-order valence-corrected chi connectivity index (χ1v) is 6.48. The van der Waals surface area contributed by atoms with Crippen LogP contribution < -0.4 is 10.6 Å². The molecule has 1 aliphatic heterocycles. The Morgan fingerprint density at radius 1 is 1.50 bits per heavy atom. The summed E-state index contributed by atoms with van der Waals surface area (Å²) in [5, 5.41) is 5.22. The second kappa shape index (κ2) is 5.77. The molecule has 0 unspecified atom stereocenters. The van der Waals surface area contributed by atoms with E-state index in [9.17, 15) is 14.4 Å². The Morgan fingerprint density at radius 2 is 2.25 bits per heavy atom. The Kier molecular flexibility index (Phi) is 4.07. The molecule has 0 aliphatic carbocycles. The summed E-state index contributed by atoms with van der Waals surface area (Å²) in [6, 6.07) is -0.548. The van der Waals surface area contributed by atoms with Gasteiger partial charge in [-0.05, 0) is 20.3 Å². The van der Waals surface area contributed by atoms with Crippen LogP contribution in [0.25, 0.3) is 0 Å². The number of aromatic amines is 1. The minimum atomic E-state index is -0.548. The average molecular weight is 279 g/mol. The molecule has 0 saturated carbocycles. The van der Waals surface area contributed by atoms with Crippen molar-refractivity contribution in [3.63, 3.8) is 0 Å². The number of H-pyrrole nitrogens is 1. The van der Waals surface area contributed by atoms with Gasteiger partial charge >= 0.3 is 5.97 Å². The van der Waals surface area contributed by atoms with Gasteiger partial charge < -0.3 is 20.4 Å². The minimum absolute atomic E-state index is 0.138. The highest BCUT2D eigenvalue weighted by Crippen LogP contribution is 2.21. The second-order valence-electron chi connectivity index (χ2n) is 4.57. The van der Waals surface area contributed by atoms with Crippen LogP contribution in [0.5, 0.6) is 0 Å². The van der Waals surface area contributed by atoms with Crippen molar-refractivity contribution in [2.24, 2.45) is 0 Å². The fraction of sp³-hybridized carbons (Fsp3) is 0.462. The van der Waals surface area contributed by atoms with Gasteiger partial charge in [0, 0.05) is 18.3 Å². The van der Waals surface area contributed by atoms with E-state index in [1.807, 2.05) is 0 Å². The van der Waals surface area contributed by atoms with Crippen molar-refractivity contribution in [1.29, 1.82) is 0 Å². The highest BCUT2D eigenvalue weighted by Gasteiger charge is 2.28. The lowest BCUT2D eigenvalue weighted by Crippen LogP contribution is -2.37. The van der Waals surface area contributed by atoms with Gasteiger partial charge in [0.25, 0.3) is 0 Å². The maximum absolute atomic E-state index is 12.0. The van der Waals surface area contributed by atoms with Gasteiger partial charge in [-0.2, -0.15) is 0 Å². The van der Waals surface area contributed by atoms with Crippen molar-refractivity contribution in [2.45, 2.75) is 32.7 Å². The lowest BCUT2D eigenvalue weighted by Gasteiger charge is -2.11. The molecule has 108 valence electrons. The van der Waals surface area contributed by atoms with Crippen LogP contribution >= 0.6 is 0 Å². The molecule has 1 atom stereocenters. The van der Waals surface area contributed by atoms with Gasteiger partial charge in [-0.3, -0.25) is 9.59 Å². The van der Waals surface area contributed by atoms with E-state index in [1.165, 1.54) is 6.20 Å². The monoisotopic (exact) mass is 279 g/mol. The predicted molar refractivity (Wildman–Crippen MR) is 71.3 cm³/mol.